The van der Waals surface area contributed by atoms with Gasteiger partial charge in [0.05, 0.1) is 17.2 Å². The van der Waals surface area contributed by atoms with Gasteiger partial charge in [0, 0.05) is 10.4 Å². The summed E-state index contributed by atoms with van der Waals surface area (Å²) < 4.78 is 3.20. The van der Waals surface area contributed by atoms with E-state index in [1.807, 2.05) is 12.1 Å². The van der Waals surface area contributed by atoms with Crippen molar-refractivity contribution in [2.24, 2.45) is 0 Å². The summed E-state index contributed by atoms with van der Waals surface area (Å²) in [6, 6.07) is 6.12. The predicted octanol–water partition coefficient (Wildman–Crippen LogP) is 2.51. The average Bonchev–Trinajstić information content (AvgIpc) is 2.92. The Balaban J connectivity index is 1.99. The zero-order valence-corrected chi connectivity index (χ0v) is 12.5. The van der Waals surface area contributed by atoms with E-state index in [9.17, 15) is 0 Å². The maximum Gasteiger partial charge on any atom is 0.179 e. The Hall–Kier alpha value is -1.53. The molecule has 0 unspecified atom stereocenters. The van der Waals surface area contributed by atoms with Crippen molar-refractivity contribution in [1.29, 1.82) is 0 Å². The van der Waals surface area contributed by atoms with Crippen molar-refractivity contribution in [2.75, 3.05) is 13.1 Å². The molecule has 1 N–H and O–H groups in total. The SMILES string of the molecule is Brc1ccc2ncc3nnc(C4CCNCC4)n3c2c1. The number of halogens is 1. The molecule has 2 aromatic heterocycles. The lowest BCUT2D eigenvalue weighted by Crippen LogP contribution is -2.27. The second kappa shape index (κ2) is 4.79. The third-order valence-electron chi connectivity index (χ3n) is 3.91. The summed E-state index contributed by atoms with van der Waals surface area (Å²) in [4.78, 5) is 4.45. The predicted molar refractivity (Wildman–Crippen MR) is 80.8 cm³/mol. The maximum atomic E-state index is 4.45. The molecule has 3 heterocycles. The molecule has 0 atom stereocenters. The van der Waals surface area contributed by atoms with Crippen LogP contribution in [0.3, 0.4) is 0 Å². The fourth-order valence-electron chi connectivity index (χ4n) is 2.90. The molecule has 1 aliphatic heterocycles. The average molecular weight is 332 g/mol. The third-order valence-corrected chi connectivity index (χ3v) is 4.41. The second-order valence-corrected chi connectivity index (χ2v) is 6.08. The minimum atomic E-state index is 0.468. The summed E-state index contributed by atoms with van der Waals surface area (Å²) in [7, 11) is 0. The van der Waals surface area contributed by atoms with E-state index in [4.69, 9.17) is 0 Å². The molecule has 0 radical (unpaired) electrons. The molecule has 5 nitrogen and oxygen atoms in total. The van der Waals surface area contributed by atoms with Crippen LogP contribution in [0.1, 0.15) is 24.6 Å². The van der Waals surface area contributed by atoms with E-state index in [-0.39, 0.29) is 0 Å². The van der Waals surface area contributed by atoms with Crippen molar-refractivity contribution in [3.05, 3.63) is 34.7 Å². The van der Waals surface area contributed by atoms with Gasteiger partial charge in [-0.25, -0.2) is 0 Å². The van der Waals surface area contributed by atoms with Crippen LogP contribution in [0.25, 0.3) is 16.7 Å². The van der Waals surface area contributed by atoms with Crippen molar-refractivity contribution in [3.8, 4) is 0 Å². The lowest BCUT2D eigenvalue weighted by Gasteiger charge is -2.21. The number of rotatable bonds is 1. The summed E-state index contributed by atoms with van der Waals surface area (Å²) >= 11 is 3.54. The first-order valence-corrected chi connectivity index (χ1v) is 7.62. The topological polar surface area (TPSA) is 55.1 Å². The van der Waals surface area contributed by atoms with Gasteiger partial charge in [-0.2, -0.15) is 0 Å². The lowest BCUT2D eigenvalue weighted by atomic mass is 9.97. The monoisotopic (exact) mass is 331 g/mol. The van der Waals surface area contributed by atoms with Gasteiger partial charge in [0.15, 0.2) is 5.65 Å². The largest absolute Gasteiger partial charge is 0.317 e. The zero-order valence-electron chi connectivity index (χ0n) is 10.9. The molecule has 1 aromatic carbocycles. The van der Waals surface area contributed by atoms with Crippen LogP contribution in [-0.2, 0) is 0 Å². The highest BCUT2D eigenvalue weighted by molar-refractivity contribution is 9.10. The van der Waals surface area contributed by atoms with E-state index >= 15 is 0 Å². The molecule has 1 saturated heterocycles. The van der Waals surface area contributed by atoms with Crippen LogP contribution in [0.15, 0.2) is 28.9 Å². The fraction of sp³-hybridized carbons (Fsp3) is 0.357. The maximum absolute atomic E-state index is 4.45. The number of nitrogens with one attached hydrogen (secondary N) is 1. The zero-order chi connectivity index (χ0) is 13.5. The molecule has 0 spiro atoms. The molecular formula is C14H14BrN5. The van der Waals surface area contributed by atoms with Crippen LogP contribution >= 0.6 is 15.9 Å². The van der Waals surface area contributed by atoms with Gasteiger partial charge in [0.1, 0.15) is 5.82 Å². The lowest BCUT2D eigenvalue weighted by molar-refractivity contribution is 0.443. The normalized spacial score (nSPS) is 17.1. The number of piperidine rings is 1. The molecular weight excluding hydrogens is 318 g/mol. The highest BCUT2D eigenvalue weighted by atomic mass is 79.9. The summed E-state index contributed by atoms with van der Waals surface area (Å²) in [6.45, 7) is 2.10. The van der Waals surface area contributed by atoms with E-state index in [1.165, 1.54) is 0 Å². The number of hydrogen-bond acceptors (Lipinski definition) is 4. The van der Waals surface area contributed by atoms with Crippen molar-refractivity contribution in [3.63, 3.8) is 0 Å². The quantitative estimate of drug-likeness (QED) is 0.744. The highest BCUT2D eigenvalue weighted by Gasteiger charge is 2.21. The number of hydrogen-bond donors (Lipinski definition) is 1. The van der Waals surface area contributed by atoms with E-state index in [0.717, 1.165) is 52.9 Å². The molecule has 1 fully saturated rings. The molecule has 0 aliphatic carbocycles. The summed E-state index contributed by atoms with van der Waals surface area (Å²) in [5, 5.41) is 12.1. The van der Waals surface area contributed by atoms with Gasteiger partial charge in [-0.15, -0.1) is 10.2 Å². The van der Waals surface area contributed by atoms with E-state index in [1.54, 1.807) is 6.20 Å². The fourth-order valence-corrected chi connectivity index (χ4v) is 3.25. The molecule has 102 valence electrons. The van der Waals surface area contributed by atoms with Crippen molar-refractivity contribution in [1.82, 2.24) is 24.9 Å². The molecule has 20 heavy (non-hydrogen) atoms. The Morgan fingerprint density at radius 1 is 1.20 bits per heavy atom. The summed E-state index contributed by atoms with van der Waals surface area (Å²) in [5.41, 5.74) is 2.86. The smallest absolute Gasteiger partial charge is 0.179 e. The second-order valence-electron chi connectivity index (χ2n) is 5.17. The Morgan fingerprint density at radius 3 is 2.90 bits per heavy atom. The minimum absolute atomic E-state index is 0.468. The molecule has 3 aromatic rings. The first-order chi connectivity index (χ1) is 9.83. The summed E-state index contributed by atoms with van der Waals surface area (Å²) in [6.07, 6.45) is 4.02. The Morgan fingerprint density at radius 2 is 2.05 bits per heavy atom. The Labute approximate surface area is 124 Å². The molecule has 0 bridgehead atoms. The van der Waals surface area contributed by atoms with Gasteiger partial charge < -0.3 is 5.32 Å². The number of benzene rings is 1. The van der Waals surface area contributed by atoms with E-state index in [2.05, 4.69) is 46.9 Å². The van der Waals surface area contributed by atoms with Gasteiger partial charge in [-0.3, -0.25) is 9.38 Å². The van der Waals surface area contributed by atoms with Crippen LogP contribution in [-0.4, -0.2) is 32.7 Å². The van der Waals surface area contributed by atoms with Crippen LogP contribution in [0, 0.1) is 0 Å². The molecule has 0 saturated carbocycles. The van der Waals surface area contributed by atoms with Crippen molar-refractivity contribution >= 4 is 32.6 Å². The highest BCUT2D eigenvalue weighted by Crippen LogP contribution is 2.27. The van der Waals surface area contributed by atoms with Crippen LogP contribution in [0.2, 0.25) is 0 Å². The molecule has 1 aliphatic rings. The Bertz CT molecular complexity index is 776. The first-order valence-electron chi connectivity index (χ1n) is 6.83. The number of aromatic nitrogens is 4. The number of fused-ring (bicyclic) bond motifs is 3. The van der Waals surface area contributed by atoms with E-state index < -0.39 is 0 Å². The van der Waals surface area contributed by atoms with Crippen LogP contribution < -0.4 is 5.32 Å². The van der Waals surface area contributed by atoms with Gasteiger partial charge in [0.2, 0.25) is 0 Å². The first kappa shape index (κ1) is 12.2. The van der Waals surface area contributed by atoms with Gasteiger partial charge in [0.25, 0.3) is 0 Å². The number of nitrogens with zero attached hydrogens (tertiary/aromatic N) is 4. The summed E-state index contributed by atoms with van der Waals surface area (Å²) in [5.74, 6) is 1.53. The van der Waals surface area contributed by atoms with E-state index in [0.29, 0.717) is 5.92 Å². The van der Waals surface area contributed by atoms with Crippen LogP contribution in [0.5, 0.6) is 0 Å². The minimum Gasteiger partial charge on any atom is -0.317 e. The van der Waals surface area contributed by atoms with Gasteiger partial charge in [-0.05, 0) is 44.1 Å². The van der Waals surface area contributed by atoms with Crippen molar-refractivity contribution in [2.45, 2.75) is 18.8 Å². The molecule has 6 heteroatoms. The standard InChI is InChI=1S/C14H14BrN5/c15-10-1-2-11-12(7-10)20-13(8-17-11)18-19-14(20)9-3-5-16-6-4-9/h1-2,7-9,16H,3-6H2. The molecule has 0 amide bonds. The van der Waals surface area contributed by atoms with Crippen molar-refractivity contribution < 1.29 is 0 Å². The molecule has 4 rings (SSSR count). The van der Waals surface area contributed by atoms with Gasteiger partial charge >= 0.3 is 0 Å². The third kappa shape index (κ3) is 1.91. The van der Waals surface area contributed by atoms with Crippen LogP contribution in [0.4, 0.5) is 0 Å². The Kier molecular flexibility index (Phi) is 2.93. The van der Waals surface area contributed by atoms with Gasteiger partial charge in [-0.1, -0.05) is 15.9 Å².